The molecule has 0 aliphatic heterocycles. The highest BCUT2D eigenvalue weighted by atomic mass is 35.5. The van der Waals surface area contributed by atoms with E-state index < -0.39 is 5.60 Å². The summed E-state index contributed by atoms with van der Waals surface area (Å²) in [6.07, 6.45) is 2.69. The fourth-order valence-electron chi connectivity index (χ4n) is 3.06. The van der Waals surface area contributed by atoms with Crippen LogP contribution in [-0.4, -0.2) is 22.4 Å². The molecule has 1 aliphatic carbocycles. The van der Waals surface area contributed by atoms with Crippen LogP contribution in [0.4, 0.5) is 0 Å². The van der Waals surface area contributed by atoms with Gasteiger partial charge in [-0.15, -0.1) is 0 Å². The summed E-state index contributed by atoms with van der Waals surface area (Å²) in [4.78, 5) is 0. The lowest BCUT2D eigenvalue weighted by Crippen LogP contribution is -2.49. The lowest BCUT2D eigenvalue weighted by molar-refractivity contribution is -0.110. The van der Waals surface area contributed by atoms with Crippen LogP contribution in [0.25, 0.3) is 0 Å². The summed E-state index contributed by atoms with van der Waals surface area (Å²) in [5, 5.41) is 21.0. The van der Waals surface area contributed by atoms with Gasteiger partial charge in [-0.05, 0) is 48.3 Å². The van der Waals surface area contributed by atoms with Crippen LogP contribution >= 0.6 is 11.6 Å². The molecule has 0 amide bonds. The Bertz CT molecular complexity index is 413. The second-order valence-corrected chi connectivity index (χ2v) is 6.47. The molecule has 1 aromatic carbocycles. The Labute approximate surface area is 114 Å². The van der Waals surface area contributed by atoms with Crippen LogP contribution in [0.1, 0.15) is 32.3 Å². The second-order valence-electron chi connectivity index (χ2n) is 6.03. The molecule has 2 unspecified atom stereocenters. The van der Waals surface area contributed by atoms with E-state index in [4.69, 9.17) is 11.6 Å². The van der Waals surface area contributed by atoms with Crippen molar-refractivity contribution in [1.82, 2.24) is 0 Å². The van der Waals surface area contributed by atoms with Crippen LogP contribution in [0, 0.1) is 11.3 Å². The van der Waals surface area contributed by atoms with Crippen LogP contribution in [0.5, 0.6) is 0 Å². The van der Waals surface area contributed by atoms with E-state index in [1.807, 2.05) is 38.1 Å². The van der Waals surface area contributed by atoms with E-state index >= 15 is 0 Å². The Morgan fingerprint density at radius 1 is 1.28 bits per heavy atom. The Kier molecular flexibility index (Phi) is 3.72. The van der Waals surface area contributed by atoms with Crippen molar-refractivity contribution >= 4 is 11.6 Å². The van der Waals surface area contributed by atoms with Crippen molar-refractivity contribution in [2.75, 3.05) is 6.61 Å². The van der Waals surface area contributed by atoms with Gasteiger partial charge in [0.05, 0.1) is 12.2 Å². The van der Waals surface area contributed by atoms with Crippen molar-refractivity contribution < 1.29 is 10.2 Å². The van der Waals surface area contributed by atoms with E-state index in [0.717, 1.165) is 29.8 Å². The lowest BCUT2D eigenvalue weighted by Gasteiger charge is -2.39. The zero-order valence-electron chi connectivity index (χ0n) is 11.0. The van der Waals surface area contributed by atoms with Gasteiger partial charge in [0, 0.05) is 5.02 Å². The average Bonchev–Trinajstić information content (AvgIpc) is 2.56. The van der Waals surface area contributed by atoms with Gasteiger partial charge in [-0.25, -0.2) is 0 Å². The predicted octanol–water partition coefficient (Wildman–Crippen LogP) is 3.04. The van der Waals surface area contributed by atoms with Crippen molar-refractivity contribution in [2.24, 2.45) is 11.3 Å². The molecule has 0 saturated heterocycles. The number of hydrogen-bond acceptors (Lipinski definition) is 2. The van der Waals surface area contributed by atoms with Crippen LogP contribution in [0.2, 0.25) is 5.02 Å². The summed E-state index contributed by atoms with van der Waals surface area (Å²) in [5.74, 6) is 0.110. The van der Waals surface area contributed by atoms with Gasteiger partial charge in [0.25, 0.3) is 0 Å². The minimum Gasteiger partial charge on any atom is -0.393 e. The molecule has 2 nitrogen and oxygen atoms in total. The Balaban J connectivity index is 2.17. The first kappa shape index (κ1) is 13.9. The fourth-order valence-corrected chi connectivity index (χ4v) is 3.19. The Morgan fingerprint density at radius 3 is 2.44 bits per heavy atom. The number of halogens is 1. The molecular formula is C15H21ClO2. The molecule has 2 rings (SSSR count). The van der Waals surface area contributed by atoms with E-state index in [-0.39, 0.29) is 17.9 Å². The third-order valence-corrected chi connectivity index (χ3v) is 4.85. The lowest BCUT2D eigenvalue weighted by atomic mass is 9.73. The normalized spacial score (nSPS) is 30.6. The zero-order chi connectivity index (χ0) is 13.4. The molecule has 3 heteroatoms. The van der Waals surface area contributed by atoms with Gasteiger partial charge in [0.15, 0.2) is 0 Å². The van der Waals surface area contributed by atoms with Gasteiger partial charge >= 0.3 is 0 Å². The van der Waals surface area contributed by atoms with Gasteiger partial charge in [-0.3, -0.25) is 0 Å². The molecule has 1 saturated carbocycles. The summed E-state index contributed by atoms with van der Waals surface area (Å²) < 4.78 is 0. The highest BCUT2D eigenvalue weighted by Gasteiger charge is 2.53. The highest BCUT2D eigenvalue weighted by Crippen LogP contribution is 2.50. The number of aliphatic hydroxyl groups is 2. The average molecular weight is 269 g/mol. The number of hydrogen-bond donors (Lipinski definition) is 2. The van der Waals surface area contributed by atoms with Gasteiger partial charge < -0.3 is 10.2 Å². The topological polar surface area (TPSA) is 40.5 Å². The van der Waals surface area contributed by atoms with Crippen LogP contribution in [0.3, 0.4) is 0 Å². The van der Waals surface area contributed by atoms with Gasteiger partial charge in [-0.1, -0.05) is 37.6 Å². The molecule has 0 bridgehead atoms. The van der Waals surface area contributed by atoms with Crippen molar-refractivity contribution in [3.05, 3.63) is 34.9 Å². The van der Waals surface area contributed by atoms with Crippen LogP contribution in [-0.2, 0) is 6.42 Å². The first-order valence-electron chi connectivity index (χ1n) is 6.47. The third-order valence-electron chi connectivity index (χ3n) is 4.60. The monoisotopic (exact) mass is 268 g/mol. The van der Waals surface area contributed by atoms with Crippen molar-refractivity contribution in [1.29, 1.82) is 0 Å². The van der Waals surface area contributed by atoms with Crippen molar-refractivity contribution in [3.8, 4) is 0 Å². The molecule has 1 fully saturated rings. The largest absolute Gasteiger partial charge is 0.393 e. The standard InChI is InChI=1S/C15H21ClO2/c1-14(2)8-7-12(15(14,18)10-17)9-11-3-5-13(16)6-4-11/h3-6,12,17-18H,7-10H2,1-2H3. The SMILES string of the molecule is CC1(C)CCC(Cc2ccc(Cl)cc2)C1(O)CO. The number of rotatable bonds is 3. The summed E-state index contributed by atoms with van der Waals surface area (Å²) in [5.41, 5.74) is -0.0418. The molecule has 2 N–H and O–H groups in total. The molecule has 100 valence electrons. The molecule has 0 aromatic heterocycles. The molecule has 0 heterocycles. The molecule has 0 spiro atoms. The molecule has 18 heavy (non-hydrogen) atoms. The van der Waals surface area contributed by atoms with Crippen LogP contribution in [0.15, 0.2) is 24.3 Å². The predicted molar refractivity (Wildman–Crippen MR) is 73.7 cm³/mol. The maximum atomic E-state index is 10.7. The highest BCUT2D eigenvalue weighted by molar-refractivity contribution is 6.30. The Hall–Kier alpha value is -0.570. The van der Waals surface area contributed by atoms with Gasteiger partial charge in [-0.2, -0.15) is 0 Å². The summed E-state index contributed by atoms with van der Waals surface area (Å²) in [6, 6.07) is 7.72. The van der Waals surface area contributed by atoms with E-state index in [2.05, 4.69) is 0 Å². The summed E-state index contributed by atoms with van der Waals surface area (Å²) in [7, 11) is 0. The van der Waals surface area contributed by atoms with Crippen molar-refractivity contribution in [2.45, 2.75) is 38.7 Å². The molecule has 1 aromatic rings. The minimum absolute atomic E-state index is 0.110. The minimum atomic E-state index is -0.980. The molecule has 2 atom stereocenters. The van der Waals surface area contributed by atoms with E-state index in [1.54, 1.807) is 0 Å². The van der Waals surface area contributed by atoms with Gasteiger partial charge in [0.2, 0.25) is 0 Å². The summed E-state index contributed by atoms with van der Waals surface area (Å²) >= 11 is 5.87. The van der Waals surface area contributed by atoms with Crippen LogP contribution < -0.4 is 0 Å². The summed E-state index contributed by atoms with van der Waals surface area (Å²) in [6.45, 7) is 3.90. The zero-order valence-corrected chi connectivity index (χ0v) is 11.7. The van der Waals surface area contributed by atoms with E-state index in [9.17, 15) is 10.2 Å². The van der Waals surface area contributed by atoms with Crippen molar-refractivity contribution in [3.63, 3.8) is 0 Å². The number of benzene rings is 1. The second kappa shape index (κ2) is 4.84. The van der Waals surface area contributed by atoms with E-state index in [1.165, 1.54) is 0 Å². The molecule has 1 aliphatic rings. The molecule has 0 radical (unpaired) electrons. The van der Waals surface area contributed by atoms with Gasteiger partial charge in [0.1, 0.15) is 0 Å². The third kappa shape index (κ3) is 2.29. The maximum Gasteiger partial charge on any atom is 0.0958 e. The Morgan fingerprint density at radius 2 is 1.89 bits per heavy atom. The number of aliphatic hydroxyl groups excluding tert-OH is 1. The molecular weight excluding hydrogens is 248 g/mol. The van der Waals surface area contributed by atoms with E-state index in [0.29, 0.717) is 0 Å². The maximum absolute atomic E-state index is 10.7. The first-order valence-corrected chi connectivity index (χ1v) is 6.84. The smallest absolute Gasteiger partial charge is 0.0958 e. The first-order chi connectivity index (χ1) is 8.39. The fraction of sp³-hybridized carbons (Fsp3) is 0.600. The quantitative estimate of drug-likeness (QED) is 0.885.